The Morgan fingerprint density at radius 1 is 1.03 bits per heavy atom. The second kappa shape index (κ2) is 8.18. The minimum absolute atomic E-state index is 0.0341. The molecule has 1 fully saturated rings. The number of carbonyl (C=O) groups is 2. The molecule has 0 aliphatic carbocycles. The average molecular weight is 457 g/mol. The SMILES string of the molecule is COc1ccc(C2C(=C(O)c3ccccc3)C(=O)C(=O)N2c2nc3ccc(C)cc3s2)cc1. The van der Waals surface area contributed by atoms with E-state index in [1.807, 2.05) is 31.2 Å². The summed E-state index contributed by atoms with van der Waals surface area (Å²) >= 11 is 1.34. The highest BCUT2D eigenvalue weighted by Gasteiger charge is 2.48. The maximum atomic E-state index is 13.3. The summed E-state index contributed by atoms with van der Waals surface area (Å²) < 4.78 is 6.18. The van der Waals surface area contributed by atoms with Crippen LogP contribution in [0.25, 0.3) is 16.0 Å². The number of anilines is 1. The Kier molecular flexibility index (Phi) is 5.18. The Morgan fingerprint density at radius 3 is 2.45 bits per heavy atom. The smallest absolute Gasteiger partial charge is 0.301 e. The van der Waals surface area contributed by atoms with Crippen molar-refractivity contribution in [2.75, 3.05) is 12.0 Å². The lowest BCUT2D eigenvalue weighted by Gasteiger charge is -2.23. The van der Waals surface area contributed by atoms with Crippen LogP contribution in [0, 0.1) is 6.92 Å². The highest BCUT2D eigenvalue weighted by atomic mass is 32.1. The molecule has 1 atom stereocenters. The fraction of sp³-hybridized carbons (Fsp3) is 0.115. The zero-order valence-corrected chi connectivity index (χ0v) is 18.8. The van der Waals surface area contributed by atoms with E-state index in [9.17, 15) is 14.7 Å². The molecular formula is C26H20N2O4S. The molecule has 5 rings (SSSR count). The zero-order chi connectivity index (χ0) is 23.1. The molecule has 3 aromatic carbocycles. The third-order valence-corrected chi connectivity index (χ3v) is 6.68. The Balaban J connectivity index is 1.72. The van der Waals surface area contributed by atoms with Gasteiger partial charge in [-0.25, -0.2) is 4.98 Å². The van der Waals surface area contributed by atoms with E-state index in [2.05, 4.69) is 4.98 Å². The van der Waals surface area contributed by atoms with E-state index in [-0.39, 0.29) is 11.3 Å². The lowest BCUT2D eigenvalue weighted by atomic mass is 9.95. The molecular weight excluding hydrogens is 436 g/mol. The van der Waals surface area contributed by atoms with Crippen molar-refractivity contribution in [3.63, 3.8) is 0 Å². The van der Waals surface area contributed by atoms with Crippen LogP contribution in [0.1, 0.15) is 22.7 Å². The van der Waals surface area contributed by atoms with Crippen LogP contribution in [-0.2, 0) is 9.59 Å². The Morgan fingerprint density at radius 2 is 1.76 bits per heavy atom. The minimum Gasteiger partial charge on any atom is -0.507 e. The van der Waals surface area contributed by atoms with Gasteiger partial charge in [-0.15, -0.1) is 0 Å². The number of methoxy groups -OCH3 is 1. The number of amides is 1. The first kappa shape index (κ1) is 20.9. The Labute approximate surface area is 194 Å². The third-order valence-electron chi connectivity index (χ3n) is 5.66. The number of thiazole rings is 1. The summed E-state index contributed by atoms with van der Waals surface area (Å²) in [5.41, 5.74) is 3.00. The normalized spacial score (nSPS) is 17.6. The van der Waals surface area contributed by atoms with Crippen molar-refractivity contribution in [3.8, 4) is 5.75 Å². The molecule has 1 aromatic heterocycles. The van der Waals surface area contributed by atoms with Gasteiger partial charge < -0.3 is 9.84 Å². The van der Waals surface area contributed by atoms with Gasteiger partial charge in [-0.1, -0.05) is 59.9 Å². The second-order valence-corrected chi connectivity index (χ2v) is 8.79. The van der Waals surface area contributed by atoms with Crippen LogP contribution in [0.15, 0.2) is 78.4 Å². The first-order chi connectivity index (χ1) is 16.0. The molecule has 164 valence electrons. The van der Waals surface area contributed by atoms with Crippen molar-refractivity contribution >= 4 is 44.1 Å². The molecule has 0 bridgehead atoms. The maximum Gasteiger partial charge on any atom is 0.301 e. The molecule has 1 aliphatic rings. The van der Waals surface area contributed by atoms with Gasteiger partial charge in [0.15, 0.2) is 5.13 Å². The van der Waals surface area contributed by atoms with Gasteiger partial charge in [0.2, 0.25) is 0 Å². The minimum atomic E-state index is -0.822. The number of aliphatic hydroxyl groups is 1. The topological polar surface area (TPSA) is 79.7 Å². The number of aromatic nitrogens is 1. The highest BCUT2D eigenvalue weighted by Crippen LogP contribution is 2.44. The summed E-state index contributed by atoms with van der Waals surface area (Å²) in [5, 5.41) is 11.5. The van der Waals surface area contributed by atoms with Crippen molar-refractivity contribution in [3.05, 3.63) is 95.1 Å². The number of benzene rings is 3. The standard InChI is InChI=1S/C26H20N2O4S/c1-15-8-13-19-20(14-15)33-26(27-19)28-22(16-9-11-18(32-2)12-10-16)21(24(30)25(28)31)23(29)17-6-4-3-5-7-17/h3-14,22,29H,1-2H3. The van der Waals surface area contributed by atoms with Crippen LogP contribution in [-0.4, -0.2) is 28.9 Å². The molecule has 2 heterocycles. The van der Waals surface area contributed by atoms with E-state index in [1.165, 1.54) is 16.2 Å². The maximum absolute atomic E-state index is 13.3. The van der Waals surface area contributed by atoms with Gasteiger partial charge in [-0.2, -0.15) is 0 Å². The van der Waals surface area contributed by atoms with Gasteiger partial charge in [0.25, 0.3) is 5.78 Å². The Hall–Kier alpha value is -3.97. The molecule has 0 spiro atoms. The van der Waals surface area contributed by atoms with Crippen molar-refractivity contribution < 1.29 is 19.4 Å². The molecule has 1 unspecified atom stereocenters. The van der Waals surface area contributed by atoms with Gasteiger partial charge in [0, 0.05) is 5.56 Å². The number of nitrogens with zero attached hydrogens (tertiary/aromatic N) is 2. The largest absolute Gasteiger partial charge is 0.507 e. The molecule has 1 aliphatic heterocycles. The number of aliphatic hydroxyl groups excluding tert-OH is 1. The number of ketones is 1. The average Bonchev–Trinajstić information content (AvgIpc) is 3.37. The molecule has 0 radical (unpaired) electrons. The lowest BCUT2D eigenvalue weighted by molar-refractivity contribution is -0.132. The van der Waals surface area contributed by atoms with Crippen molar-refractivity contribution in [2.24, 2.45) is 0 Å². The number of rotatable bonds is 4. The van der Waals surface area contributed by atoms with Crippen LogP contribution in [0.4, 0.5) is 5.13 Å². The molecule has 33 heavy (non-hydrogen) atoms. The first-order valence-corrected chi connectivity index (χ1v) is 11.2. The number of fused-ring (bicyclic) bond motifs is 1. The quantitative estimate of drug-likeness (QED) is 0.258. The number of carbonyl (C=O) groups excluding carboxylic acids is 2. The number of hydrogen-bond donors (Lipinski definition) is 1. The van der Waals surface area contributed by atoms with E-state index < -0.39 is 17.7 Å². The van der Waals surface area contributed by atoms with Crippen LogP contribution in [0.2, 0.25) is 0 Å². The molecule has 6 nitrogen and oxygen atoms in total. The summed E-state index contributed by atoms with van der Waals surface area (Å²) in [5.74, 6) is -1.03. The fourth-order valence-corrected chi connectivity index (χ4v) is 5.10. The molecule has 0 saturated carbocycles. The molecule has 4 aromatic rings. The lowest BCUT2D eigenvalue weighted by Crippen LogP contribution is -2.29. The summed E-state index contributed by atoms with van der Waals surface area (Å²) in [4.78, 5) is 32.5. The molecule has 7 heteroatoms. The summed E-state index contributed by atoms with van der Waals surface area (Å²) in [6.07, 6.45) is 0. The van der Waals surface area contributed by atoms with E-state index in [0.717, 1.165) is 15.8 Å². The van der Waals surface area contributed by atoms with Gasteiger partial charge in [0.05, 0.1) is 28.9 Å². The van der Waals surface area contributed by atoms with Crippen molar-refractivity contribution in [2.45, 2.75) is 13.0 Å². The van der Waals surface area contributed by atoms with Crippen LogP contribution < -0.4 is 9.64 Å². The monoisotopic (exact) mass is 456 g/mol. The van der Waals surface area contributed by atoms with Crippen LogP contribution >= 0.6 is 11.3 Å². The van der Waals surface area contributed by atoms with Crippen LogP contribution in [0.3, 0.4) is 0 Å². The number of Topliss-reactive ketones (excluding diaryl/α,β-unsaturated/α-hetero) is 1. The van der Waals surface area contributed by atoms with Gasteiger partial charge in [0.1, 0.15) is 11.5 Å². The summed E-state index contributed by atoms with van der Waals surface area (Å²) in [7, 11) is 1.57. The molecule has 1 saturated heterocycles. The van der Waals surface area contributed by atoms with E-state index in [1.54, 1.807) is 55.6 Å². The third kappa shape index (κ3) is 3.56. The fourth-order valence-electron chi connectivity index (χ4n) is 4.01. The predicted molar refractivity (Wildman–Crippen MR) is 129 cm³/mol. The van der Waals surface area contributed by atoms with Gasteiger partial charge >= 0.3 is 5.91 Å². The van der Waals surface area contributed by atoms with E-state index in [4.69, 9.17) is 4.74 Å². The highest BCUT2D eigenvalue weighted by molar-refractivity contribution is 7.22. The summed E-state index contributed by atoms with van der Waals surface area (Å²) in [6.45, 7) is 1.99. The van der Waals surface area contributed by atoms with E-state index in [0.29, 0.717) is 22.0 Å². The molecule has 1 amide bonds. The Bertz CT molecular complexity index is 1410. The number of aryl methyl sites for hydroxylation is 1. The van der Waals surface area contributed by atoms with Gasteiger partial charge in [-0.05, 0) is 42.3 Å². The van der Waals surface area contributed by atoms with E-state index >= 15 is 0 Å². The van der Waals surface area contributed by atoms with Gasteiger partial charge in [-0.3, -0.25) is 14.5 Å². The number of hydrogen-bond acceptors (Lipinski definition) is 6. The van der Waals surface area contributed by atoms with Crippen LogP contribution in [0.5, 0.6) is 5.75 Å². The summed E-state index contributed by atoms with van der Waals surface area (Å²) in [6, 6.07) is 20.9. The zero-order valence-electron chi connectivity index (χ0n) is 18.0. The van der Waals surface area contributed by atoms with Crippen molar-refractivity contribution in [1.29, 1.82) is 0 Å². The first-order valence-electron chi connectivity index (χ1n) is 10.4. The second-order valence-electron chi connectivity index (χ2n) is 7.78. The van der Waals surface area contributed by atoms with Crippen molar-refractivity contribution in [1.82, 2.24) is 4.98 Å². The number of ether oxygens (including phenoxy) is 1. The molecule has 1 N–H and O–H groups in total. The predicted octanol–water partition coefficient (Wildman–Crippen LogP) is 5.24.